The minimum absolute atomic E-state index is 0.0692. The molecule has 2 rings (SSSR count). The molecule has 9 nitrogen and oxygen atoms in total. The topological polar surface area (TPSA) is 117 Å². The number of methoxy groups -OCH3 is 2. The Morgan fingerprint density at radius 2 is 2.04 bits per heavy atom. The van der Waals surface area contributed by atoms with Gasteiger partial charge in [-0.25, -0.2) is 0 Å². The summed E-state index contributed by atoms with van der Waals surface area (Å²) < 4.78 is 9.94. The fraction of sp³-hybridized carbons (Fsp3) is 0.312. The lowest BCUT2D eigenvalue weighted by Gasteiger charge is -2.15. The summed E-state index contributed by atoms with van der Waals surface area (Å²) >= 11 is 0. The number of carbonyl (C=O) groups excluding carboxylic acids is 3. The van der Waals surface area contributed by atoms with Gasteiger partial charge in [-0.05, 0) is 18.2 Å². The van der Waals surface area contributed by atoms with E-state index in [0.29, 0.717) is 17.1 Å². The molecule has 9 heteroatoms. The van der Waals surface area contributed by atoms with E-state index in [1.54, 1.807) is 18.2 Å². The Labute approximate surface area is 144 Å². The maximum atomic E-state index is 12.1. The van der Waals surface area contributed by atoms with E-state index in [9.17, 15) is 14.4 Å². The van der Waals surface area contributed by atoms with Crippen molar-refractivity contribution in [3.8, 4) is 5.75 Å². The van der Waals surface area contributed by atoms with Crippen LogP contribution in [0.5, 0.6) is 5.75 Å². The van der Waals surface area contributed by atoms with E-state index < -0.39 is 11.8 Å². The van der Waals surface area contributed by atoms with Crippen LogP contribution in [0.3, 0.4) is 0 Å². The van der Waals surface area contributed by atoms with Crippen molar-refractivity contribution in [2.24, 2.45) is 0 Å². The van der Waals surface area contributed by atoms with Crippen LogP contribution >= 0.6 is 0 Å². The smallest absolute Gasteiger partial charge is 0.277 e. The number of hydrogen-bond acceptors (Lipinski definition) is 7. The molecular weight excluding hydrogens is 330 g/mol. The number of benzene rings is 1. The van der Waals surface area contributed by atoms with Gasteiger partial charge in [0, 0.05) is 18.9 Å². The number of amides is 3. The Bertz CT molecular complexity index is 716. The number of rotatable bonds is 8. The third-order valence-electron chi connectivity index (χ3n) is 3.36. The zero-order valence-electron chi connectivity index (χ0n) is 13.9. The molecule has 1 aromatic rings. The van der Waals surface area contributed by atoms with Crippen LogP contribution in [0.4, 0.5) is 11.4 Å². The summed E-state index contributed by atoms with van der Waals surface area (Å²) in [6, 6.07) is 4.82. The molecule has 0 aliphatic carbocycles. The van der Waals surface area contributed by atoms with Crippen LogP contribution in [0.15, 0.2) is 30.0 Å². The van der Waals surface area contributed by atoms with Crippen LogP contribution in [0.1, 0.15) is 0 Å². The number of aliphatic hydroxyl groups is 1. The van der Waals surface area contributed by atoms with Gasteiger partial charge in [0.1, 0.15) is 18.1 Å². The molecule has 0 aromatic heterocycles. The average Bonchev–Trinajstić information content (AvgIpc) is 2.83. The second-order valence-electron chi connectivity index (χ2n) is 5.10. The van der Waals surface area contributed by atoms with Gasteiger partial charge in [0.15, 0.2) is 0 Å². The maximum Gasteiger partial charge on any atom is 0.277 e. The Kier molecular flexibility index (Phi) is 6.09. The summed E-state index contributed by atoms with van der Waals surface area (Å²) in [5.74, 6) is -0.957. The van der Waals surface area contributed by atoms with Gasteiger partial charge >= 0.3 is 0 Å². The van der Waals surface area contributed by atoms with Crippen LogP contribution in [0.2, 0.25) is 0 Å². The zero-order valence-corrected chi connectivity index (χ0v) is 13.9. The number of hydrogen-bond donors (Lipinski definition) is 3. The molecule has 0 fully saturated rings. The summed E-state index contributed by atoms with van der Waals surface area (Å²) in [5, 5.41) is 14.4. The Hall–Kier alpha value is -2.91. The third kappa shape index (κ3) is 4.34. The van der Waals surface area contributed by atoms with Gasteiger partial charge in [-0.3, -0.25) is 19.3 Å². The van der Waals surface area contributed by atoms with Crippen LogP contribution in [-0.2, 0) is 19.1 Å². The molecule has 3 N–H and O–H groups in total. The van der Waals surface area contributed by atoms with Crippen LogP contribution in [-0.4, -0.2) is 61.7 Å². The Balaban J connectivity index is 2.18. The van der Waals surface area contributed by atoms with Crippen molar-refractivity contribution in [2.75, 3.05) is 44.6 Å². The number of anilines is 2. The second-order valence-corrected chi connectivity index (χ2v) is 5.10. The average molecular weight is 349 g/mol. The van der Waals surface area contributed by atoms with E-state index in [1.165, 1.54) is 14.2 Å². The summed E-state index contributed by atoms with van der Waals surface area (Å²) in [5.41, 5.74) is 0.948. The van der Waals surface area contributed by atoms with Crippen molar-refractivity contribution in [1.29, 1.82) is 0 Å². The van der Waals surface area contributed by atoms with Gasteiger partial charge < -0.3 is 25.2 Å². The highest BCUT2D eigenvalue weighted by Crippen LogP contribution is 2.29. The number of carbonyl (C=O) groups is 3. The summed E-state index contributed by atoms with van der Waals surface area (Å²) in [6.45, 7) is -0.494. The van der Waals surface area contributed by atoms with Crippen molar-refractivity contribution < 1.29 is 29.0 Å². The number of nitrogens with one attached hydrogen (secondary N) is 2. The molecule has 0 spiro atoms. The maximum absolute atomic E-state index is 12.1. The standard InChI is InChI=1S/C16H19N3O6/c1-24-9-14(21)18-11-7-10(3-4-13(11)25-2)17-12-8-15(22)19(5-6-20)16(12)23/h3-4,7-8,17,20H,5-6,9H2,1-2H3,(H,18,21). The van der Waals surface area contributed by atoms with Crippen LogP contribution in [0, 0.1) is 0 Å². The molecule has 0 bridgehead atoms. The molecule has 0 atom stereocenters. The van der Waals surface area contributed by atoms with Gasteiger partial charge in [0.05, 0.1) is 25.9 Å². The molecule has 0 saturated heterocycles. The molecule has 0 radical (unpaired) electrons. The number of aliphatic hydroxyl groups excluding tert-OH is 1. The first-order valence-corrected chi connectivity index (χ1v) is 7.42. The van der Waals surface area contributed by atoms with E-state index >= 15 is 0 Å². The fourth-order valence-electron chi connectivity index (χ4n) is 2.27. The van der Waals surface area contributed by atoms with Crippen molar-refractivity contribution >= 4 is 29.1 Å². The minimum Gasteiger partial charge on any atom is -0.495 e. The third-order valence-corrected chi connectivity index (χ3v) is 3.36. The molecule has 1 heterocycles. The van der Waals surface area contributed by atoms with Crippen LogP contribution in [0.25, 0.3) is 0 Å². The fourth-order valence-corrected chi connectivity index (χ4v) is 2.27. The largest absolute Gasteiger partial charge is 0.495 e. The molecular formula is C16H19N3O6. The van der Waals surface area contributed by atoms with E-state index in [2.05, 4.69) is 10.6 Å². The summed E-state index contributed by atoms with van der Waals surface area (Å²) in [7, 11) is 2.87. The van der Waals surface area contributed by atoms with Gasteiger partial charge in [-0.1, -0.05) is 0 Å². The number of imide groups is 1. The predicted molar refractivity (Wildman–Crippen MR) is 89.0 cm³/mol. The molecule has 0 unspecified atom stereocenters. The molecule has 3 amide bonds. The van der Waals surface area contributed by atoms with Gasteiger partial charge in [0.2, 0.25) is 5.91 Å². The monoisotopic (exact) mass is 349 g/mol. The van der Waals surface area contributed by atoms with Crippen molar-refractivity contribution in [3.63, 3.8) is 0 Å². The summed E-state index contributed by atoms with van der Waals surface area (Å²) in [4.78, 5) is 36.5. The summed E-state index contributed by atoms with van der Waals surface area (Å²) in [6.07, 6.45) is 1.16. The SMILES string of the molecule is COCC(=O)Nc1cc(NC2=CC(=O)N(CCO)C2=O)ccc1OC. The highest BCUT2D eigenvalue weighted by Gasteiger charge is 2.30. The van der Waals surface area contributed by atoms with Gasteiger partial charge in [0.25, 0.3) is 11.8 Å². The molecule has 0 saturated carbocycles. The van der Waals surface area contributed by atoms with E-state index in [0.717, 1.165) is 11.0 Å². The highest BCUT2D eigenvalue weighted by molar-refractivity contribution is 6.17. The zero-order chi connectivity index (χ0) is 18.4. The minimum atomic E-state index is -0.528. The first-order valence-electron chi connectivity index (χ1n) is 7.42. The molecule has 1 aliphatic rings. The van der Waals surface area contributed by atoms with E-state index in [-0.39, 0.29) is 31.4 Å². The van der Waals surface area contributed by atoms with Crippen molar-refractivity contribution in [3.05, 3.63) is 30.0 Å². The van der Waals surface area contributed by atoms with Crippen molar-refractivity contribution in [1.82, 2.24) is 4.90 Å². The Morgan fingerprint density at radius 3 is 2.68 bits per heavy atom. The lowest BCUT2D eigenvalue weighted by molar-refractivity contribution is -0.137. The van der Waals surface area contributed by atoms with Crippen LogP contribution < -0.4 is 15.4 Å². The van der Waals surface area contributed by atoms with Gasteiger partial charge in [-0.15, -0.1) is 0 Å². The number of β-amino-alcohol motifs (C(OH)–C–C–N with tert-alkyl or cyclic N) is 1. The molecule has 1 aliphatic heterocycles. The molecule has 134 valence electrons. The predicted octanol–water partition coefficient (Wildman–Crippen LogP) is -0.0630. The van der Waals surface area contributed by atoms with E-state index in [1.807, 2.05) is 0 Å². The van der Waals surface area contributed by atoms with Crippen molar-refractivity contribution in [2.45, 2.75) is 0 Å². The normalized spacial score (nSPS) is 13.7. The Morgan fingerprint density at radius 1 is 1.28 bits per heavy atom. The van der Waals surface area contributed by atoms with E-state index in [4.69, 9.17) is 14.6 Å². The number of nitrogens with zero attached hydrogens (tertiary/aromatic N) is 1. The molecule has 25 heavy (non-hydrogen) atoms. The first-order chi connectivity index (χ1) is 12.0. The highest BCUT2D eigenvalue weighted by atomic mass is 16.5. The van der Waals surface area contributed by atoms with Gasteiger partial charge in [-0.2, -0.15) is 0 Å². The quantitative estimate of drug-likeness (QED) is 0.563. The lowest BCUT2D eigenvalue weighted by atomic mass is 10.2. The first kappa shape index (κ1) is 18.4. The number of ether oxygens (including phenoxy) is 2. The molecule has 1 aromatic carbocycles. The second kappa shape index (κ2) is 8.27. The lowest BCUT2D eigenvalue weighted by Crippen LogP contribution is -2.34.